The number of anilines is 4. The number of rotatable bonds is 20. The maximum absolute atomic E-state index is 16.4. The largest absolute Gasteiger partial charge is 0.457 e. The smallest absolute Gasteiger partial charge is 0.346 e. The first-order chi connectivity index (χ1) is 56.1. The van der Waals surface area contributed by atoms with E-state index in [0.717, 1.165) is 97.3 Å². The van der Waals surface area contributed by atoms with Crippen molar-refractivity contribution < 1.29 is 42.9 Å². The quantitative estimate of drug-likeness (QED) is 0.0240. The second-order valence-electron chi connectivity index (χ2n) is 40.9. The van der Waals surface area contributed by atoms with Crippen molar-refractivity contribution in [3.05, 3.63) is 275 Å². The Balaban J connectivity index is 0.962. The Morgan fingerprint density at radius 3 is 0.790 bits per heavy atom. The number of amides is 2. The zero-order valence-corrected chi connectivity index (χ0v) is 72.3. The number of ether oxygens (including phenoxy) is 5. The van der Waals surface area contributed by atoms with E-state index in [1.807, 2.05) is 121 Å². The van der Waals surface area contributed by atoms with Crippen molar-refractivity contribution in [2.75, 3.05) is 9.80 Å². The predicted molar refractivity (Wildman–Crippen MR) is 488 cm³/mol. The number of carbonyl (C=O) groups is 4. The molecule has 119 heavy (non-hydrogen) atoms. The number of cyclic esters (lactones) is 2. The summed E-state index contributed by atoms with van der Waals surface area (Å²) >= 11 is 0. The molecule has 2 aliphatic heterocycles. The molecule has 0 bridgehead atoms. The first-order valence-corrected chi connectivity index (χ1v) is 41.8. The summed E-state index contributed by atoms with van der Waals surface area (Å²) in [4.78, 5) is 65.7. The van der Waals surface area contributed by atoms with Gasteiger partial charge in [-0.2, -0.15) is 0 Å². The maximum Gasteiger partial charge on any atom is 0.346 e. The first-order valence-electron chi connectivity index (χ1n) is 41.8. The van der Waals surface area contributed by atoms with Crippen molar-refractivity contribution in [2.24, 2.45) is 21.7 Å². The summed E-state index contributed by atoms with van der Waals surface area (Å²) in [5.74, 6) is 0.962. The van der Waals surface area contributed by atoms with E-state index >= 15 is 9.59 Å². The Morgan fingerprint density at radius 2 is 0.521 bits per heavy atom. The molecule has 0 saturated carbocycles. The number of esters is 2. The Hall–Kier alpha value is -12.1. The average Bonchev–Trinajstić information content (AvgIpc) is 0.669. The molecule has 2 amide bonds. The Morgan fingerprint density at radius 1 is 0.269 bits per heavy atom. The molecule has 2 aliphatic rings. The third-order valence-corrected chi connectivity index (χ3v) is 24.1. The topological polar surface area (TPSA) is 121 Å². The van der Waals surface area contributed by atoms with Crippen LogP contribution in [0.15, 0.2) is 231 Å². The summed E-state index contributed by atoms with van der Waals surface area (Å²) in [5, 5.41) is 9.24. The molecule has 0 atom stereocenters. The third-order valence-electron chi connectivity index (χ3n) is 24.1. The monoisotopic (exact) mass is 1570 g/mol. The average molecular weight is 1580 g/mol. The van der Waals surface area contributed by atoms with Gasteiger partial charge in [-0.05, 0) is 245 Å². The molecule has 0 unspecified atom stereocenters. The zero-order chi connectivity index (χ0) is 84.3. The van der Waals surface area contributed by atoms with E-state index in [9.17, 15) is 9.59 Å². The number of imide groups is 1. The van der Waals surface area contributed by atoms with E-state index in [0.29, 0.717) is 94.8 Å². The van der Waals surface area contributed by atoms with Gasteiger partial charge in [-0.1, -0.05) is 248 Å². The first kappa shape index (κ1) is 79.4. The summed E-state index contributed by atoms with van der Waals surface area (Å²) in [6.45, 7) is 45.4. The molecule has 0 aromatic heterocycles. The fourth-order valence-electron chi connectivity index (χ4n) is 20.8. The third kappa shape index (κ3) is 14.6. The lowest BCUT2D eigenvalue weighted by Gasteiger charge is -2.33. The molecule has 602 valence electrons. The van der Waals surface area contributed by atoms with Crippen molar-refractivity contribution in [1.29, 1.82) is 0 Å². The van der Waals surface area contributed by atoms with Crippen molar-refractivity contribution in [1.82, 2.24) is 0 Å². The van der Waals surface area contributed by atoms with Crippen LogP contribution in [0.5, 0.6) is 46.0 Å². The van der Waals surface area contributed by atoms with E-state index in [2.05, 4.69) is 240 Å². The van der Waals surface area contributed by atoms with Gasteiger partial charge in [0.25, 0.3) is 11.8 Å². The number of para-hydroxylation sites is 2. The predicted octanol–water partition coefficient (Wildman–Crippen LogP) is 30.2. The van der Waals surface area contributed by atoms with Gasteiger partial charge in [0.15, 0.2) is 0 Å². The van der Waals surface area contributed by atoms with Crippen LogP contribution in [0.1, 0.15) is 228 Å². The number of benzene rings is 15. The molecule has 0 N–H and O–H groups in total. The van der Waals surface area contributed by atoms with Crippen molar-refractivity contribution >= 4 is 122 Å². The number of hydrogen-bond acceptors (Lipinski definition) is 10. The summed E-state index contributed by atoms with van der Waals surface area (Å²) < 4.78 is 35.4. The number of carbonyl (C=O) groups excluding carboxylic acids is 4. The molecule has 2 heterocycles. The van der Waals surface area contributed by atoms with E-state index < -0.39 is 23.8 Å². The lowest BCUT2D eigenvalue weighted by Crippen LogP contribution is -2.40. The summed E-state index contributed by atoms with van der Waals surface area (Å²) in [6, 6.07) is 76.4. The van der Waals surface area contributed by atoms with Gasteiger partial charge in [0.05, 0.1) is 27.9 Å². The minimum atomic E-state index is -0.794. The highest BCUT2D eigenvalue weighted by molar-refractivity contribution is 6.48. The SMILES string of the molecule is CC(C)(C)CC(C)(C)c1ccc(Oc2cc3c4c(cc(Oc5ccc(C(C)(C)CC(C)(C)C)cc5)c5c6ccc7c8c(Oc9ccc(C(C)(C)CC(C)(C)C)cc9)cc9c%10c(cc(Oc%11ccc(C(C)(C)CC(C)(C)C)cc%11)c(c%11ccc(c2c45)c6c%117)c%108)C(=O)N(c2ccc(N(c4ccccc4)c4ccccc4)cc2)C9=O)C(=O)OC3=O)cc1. The normalized spacial score (nSPS) is 14.0. The molecule has 0 fully saturated rings. The van der Waals surface area contributed by atoms with Crippen LogP contribution in [-0.4, -0.2) is 23.8 Å². The number of hydrogen-bond donors (Lipinski definition) is 0. The van der Waals surface area contributed by atoms with Crippen LogP contribution in [0.3, 0.4) is 0 Å². The van der Waals surface area contributed by atoms with Gasteiger partial charge in [-0.25, -0.2) is 14.5 Å². The molecule has 0 saturated heterocycles. The van der Waals surface area contributed by atoms with Crippen LogP contribution in [0, 0.1) is 21.7 Å². The van der Waals surface area contributed by atoms with Crippen LogP contribution >= 0.6 is 0 Å². The minimum Gasteiger partial charge on any atom is -0.457 e. The highest BCUT2D eigenvalue weighted by Crippen LogP contribution is 2.59. The fraction of sp³-hybridized carbons (Fsp3) is 0.296. The second-order valence-corrected chi connectivity index (χ2v) is 40.9. The van der Waals surface area contributed by atoms with E-state index in [4.69, 9.17) is 23.7 Å². The Kier molecular flexibility index (Phi) is 18.9. The van der Waals surface area contributed by atoms with Gasteiger partial charge in [0.1, 0.15) is 46.0 Å². The molecule has 11 nitrogen and oxygen atoms in total. The summed E-state index contributed by atoms with van der Waals surface area (Å²) in [6.07, 6.45) is 3.73. The lowest BCUT2D eigenvalue weighted by molar-refractivity contribution is 0.0390. The second kappa shape index (κ2) is 28.3. The standard InChI is InChI=1S/C108H106N2O9/c1-101(2,3)59-105(13,14)63-31-43-71(44-32-63)115-83-55-79-89-80(98(112)110(97(79)111)70-41-39-69(40-42-70)109(67-27-23-21-24-28-67)68-29-25-22-26-30-68)56-84(116-72-45-33-64(34-46-72)106(15,16)60-102(4,5)6)92-76-52-54-78-88-77(53-51-75(87(76)88)91(83)95(89)92)93-85(117-73-47-35-65(36-48-73)107(17,18)61-103(7,8)9)57-81-90-82(100(114)119-99(81)113)58-86(94(78)96(90)93)118-74-49-37-66(38-50-74)108(19,20)62-104(10,11)12/h21-58H,59-62H2,1-20H3. The lowest BCUT2D eigenvalue weighted by atomic mass is 9.72. The van der Waals surface area contributed by atoms with E-state index in [1.54, 1.807) is 12.1 Å². The van der Waals surface area contributed by atoms with Crippen LogP contribution < -0.4 is 28.7 Å². The fourth-order valence-corrected chi connectivity index (χ4v) is 20.8. The van der Waals surface area contributed by atoms with Crippen LogP contribution in [0.25, 0.3) is 75.4 Å². The van der Waals surface area contributed by atoms with Gasteiger partial charge >= 0.3 is 11.9 Å². The Labute approximate surface area is 698 Å². The molecule has 15 aromatic carbocycles. The molecule has 0 radical (unpaired) electrons. The van der Waals surface area contributed by atoms with Crippen LogP contribution in [0.4, 0.5) is 22.7 Å². The number of nitrogens with zero attached hydrogens (tertiary/aromatic N) is 2. The summed E-state index contributed by atoms with van der Waals surface area (Å²) in [7, 11) is 0. The van der Waals surface area contributed by atoms with E-state index in [1.165, 1.54) is 4.90 Å². The van der Waals surface area contributed by atoms with Crippen molar-refractivity contribution in [3.8, 4) is 46.0 Å². The Bertz CT molecular complexity index is 6200. The van der Waals surface area contributed by atoms with Crippen molar-refractivity contribution in [3.63, 3.8) is 0 Å². The van der Waals surface area contributed by atoms with Gasteiger partial charge in [-0.3, -0.25) is 9.59 Å². The number of fused-ring (bicyclic) bond motifs is 4. The molecular formula is C108H106N2O9. The molecule has 0 spiro atoms. The highest BCUT2D eigenvalue weighted by atomic mass is 16.6. The van der Waals surface area contributed by atoms with Gasteiger partial charge < -0.3 is 28.6 Å². The molecular weight excluding hydrogens is 1470 g/mol. The minimum absolute atomic E-state index is 0.0433. The molecule has 15 aromatic rings. The van der Waals surface area contributed by atoms with Crippen molar-refractivity contribution in [2.45, 2.75) is 186 Å². The molecule has 11 heteroatoms. The van der Waals surface area contributed by atoms with Gasteiger partial charge in [0, 0.05) is 60.2 Å². The molecule has 17 rings (SSSR count). The zero-order valence-electron chi connectivity index (χ0n) is 72.3. The molecule has 0 aliphatic carbocycles. The maximum atomic E-state index is 16.4. The summed E-state index contributed by atoms with van der Waals surface area (Å²) in [5.41, 5.74) is 8.03. The highest BCUT2D eigenvalue weighted by Gasteiger charge is 2.41. The van der Waals surface area contributed by atoms with Gasteiger partial charge in [0.2, 0.25) is 0 Å². The van der Waals surface area contributed by atoms with Crippen LogP contribution in [0.2, 0.25) is 0 Å². The van der Waals surface area contributed by atoms with Crippen LogP contribution in [-0.2, 0) is 26.4 Å². The van der Waals surface area contributed by atoms with E-state index in [-0.39, 0.29) is 65.6 Å². The van der Waals surface area contributed by atoms with Gasteiger partial charge in [-0.15, -0.1) is 0 Å².